The molecule has 4 nitrogen and oxygen atoms in total. The van der Waals surface area contributed by atoms with Crippen LogP contribution in [0.3, 0.4) is 0 Å². The lowest BCUT2D eigenvalue weighted by Gasteiger charge is -2.24. The second kappa shape index (κ2) is 6.36. The van der Waals surface area contributed by atoms with Crippen molar-refractivity contribution in [2.45, 2.75) is 45.8 Å². The van der Waals surface area contributed by atoms with Crippen LogP contribution in [-0.2, 0) is 9.53 Å². The smallest absolute Gasteiger partial charge is 0.347 e. The molecule has 0 saturated carbocycles. The summed E-state index contributed by atoms with van der Waals surface area (Å²) in [5.41, 5.74) is -0.0325. The summed E-state index contributed by atoms with van der Waals surface area (Å²) in [6.45, 7) is 7.28. The van der Waals surface area contributed by atoms with E-state index >= 15 is 0 Å². The zero-order valence-electron chi connectivity index (χ0n) is 11.8. The van der Waals surface area contributed by atoms with Crippen molar-refractivity contribution in [1.29, 1.82) is 0 Å². The zero-order valence-corrected chi connectivity index (χ0v) is 11.8. The molecule has 1 aromatic rings. The quantitative estimate of drug-likeness (QED) is 0.606. The summed E-state index contributed by atoms with van der Waals surface area (Å²) in [4.78, 5) is 22.6. The largest absolute Gasteiger partial charge is 0.479 e. The molecule has 1 rings (SSSR count). The summed E-state index contributed by atoms with van der Waals surface area (Å²) in [5.74, 6) is 0.0915. The lowest BCUT2D eigenvalue weighted by Crippen LogP contribution is -2.34. The maximum atomic E-state index is 11.9. The average Bonchev–Trinajstić information content (AvgIpc) is 2.34. The van der Waals surface area contributed by atoms with E-state index in [2.05, 4.69) is 0 Å². The van der Waals surface area contributed by atoms with E-state index in [4.69, 9.17) is 9.47 Å². The molecule has 0 amide bonds. The third-order valence-electron chi connectivity index (χ3n) is 2.31. The number of carbonyl (C=O) groups is 2. The van der Waals surface area contributed by atoms with E-state index in [1.54, 1.807) is 24.3 Å². The third-order valence-corrected chi connectivity index (χ3v) is 2.31. The molecule has 4 heteroatoms. The van der Waals surface area contributed by atoms with Gasteiger partial charge in [-0.05, 0) is 39.3 Å². The molecular formula is C15H20O4. The summed E-state index contributed by atoms with van der Waals surface area (Å²) >= 11 is 0. The van der Waals surface area contributed by atoms with E-state index in [0.717, 1.165) is 6.29 Å². The summed E-state index contributed by atoms with van der Waals surface area (Å²) < 4.78 is 10.9. The van der Waals surface area contributed by atoms with Gasteiger partial charge in [-0.2, -0.15) is 0 Å². The molecule has 0 aliphatic rings. The molecule has 1 atom stereocenters. The number of hydrogen-bond acceptors (Lipinski definition) is 4. The number of esters is 1. The van der Waals surface area contributed by atoms with Gasteiger partial charge in [0, 0.05) is 5.56 Å². The molecule has 0 N–H and O–H groups in total. The molecule has 19 heavy (non-hydrogen) atoms. The van der Waals surface area contributed by atoms with Crippen molar-refractivity contribution in [3.05, 3.63) is 29.8 Å². The summed E-state index contributed by atoms with van der Waals surface area (Å²) in [7, 11) is 0. The van der Waals surface area contributed by atoms with Crippen molar-refractivity contribution in [1.82, 2.24) is 0 Å². The van der Waals surface area contributed by atoms with Crippen LogP contribution in [0.2, 0.25) is 0 Å². The molecule has 0 aromatic heterocycles. The van der Waals surface area contributed by atoms with E-state index in [1.165, 1.54) is 0 Å². The van der Waals surface area contributed by atoms with Crippen LogP contribution in [0.15, 0.2) is 24.3 Å². The minimum Gasteiger partial charge on any atom is -0.479 e. The minimum absolute atomic E-state index is 0.397. The highest BCUT2D eigenvalue weighted by Gasteiger charge is 2.25. The predicted octanol–water partition coefficient (Wildman–Crippen LogP) is 3.00. The molecule has 0 spiro atoms. The molecule has 104 valence electrons. The van der Waals surface area contributed by atoms with Crippen LogP contribution >= 0.6 is 0 Å². The van der Waals surface area contributed by atoms with Crippen molar-refractivity contribution < 1.29 is 19.1 Å². The molecule has 0 fully saturated rings. The normalized spacial score (nSPS) is 12.6. The second-order valence-corrected chi connectivity index (χ2v) is 5.24. The fourth-order valence-corrected chi connectivity index (χ4v) is 1.49. The number of ether oxygens (including phenoxy) is 2. The minimum atomic E-state index is -0.666. The number of aldehydes is 1. The first-order chi connectivity index (χ1) is 8.85. The van der Waals surface area contributed by atoms with E-state index in [1.807, 2.05) is 27.7 Å². The van der Waals surface area contributed by atoms with Gasteiger partial charge in [0.25, 0.3) is 0 Å². The number of carbonyl (C=O) groups excluding carboxylic acids is 2. The summed E-state index contributed by atoms with van der Waals surface area (Å²) in [6, 6.07) is 6.69. The number of hydrogen-bond donors (Lipinski definition) is 0. The molecule has 0 radical (unpaired) electrons. The average molecular weight is 264 g/mol. The van der Waals surface area contributed by atoms with Gasteiger partial charge in [0.05, 0.1) is 0 Å². The predicted molar refractivity (Wildman–Crippen MR) is 72.4 cm³/mol. The Balaban J connectivity index is 2.75. The van der Waals surface area contributed by atoms with Crippen LogP contribution in [0.1, 0.15) is 44.5 Å². The number of rotatable bonds is 5. The van der Waals surface area contributed by atoms with Crippen LogP contribution in [0, 0.1) is 0 Å². The molecule has 1 unspecified atom stereocenters. The van der Waals surface area contributed by atoms with Crippen LogP contribution in [-0.4, -0.2) is 24.0 Å². The first-order valence-corrected chi connectivity index (χ1v) is 6.30. The monoisotopic (exact) mass is 264 g/mol. The summed E-state index contributed by atoms with van der Waals surface area (Å²) in [6.07, 6.45) is 0.572. The van der Waals surface area contributed by atoms with Crippen molar-refractivity contribution in [3.63, 3.8) is 0 Å². The van der Waals surface area contributed by atoms with Crippen LogP contribution in [0.25, 0.3) is 0 Å². The van der Waals surface area contributed by atoms with Crippen LogP contribution in [0.5, 0.6) is 5.75 Å². The Bertz CT molecular complexity index is 446. The van der Waals surface area contributed by atoms with E-state index in [-0.39, 0.29) is 0 Å². The Labute approximate surface area is 113 Å². The van der Waals surface area contributed by atoms with Crippen molar-refractivity contribution in [2.24, 2.45) is 0 Å². The fourth-order valence-electron chi connectivity index (χ4n) is 1.49. The fraction of sp³-hybridized carbons (Fsp3) is 0.467. The van der Waals surface area contributed by atoms with E-state index in [9.17, 15) is 9.59 Å². The first-order valence-electron chi connectivity index (χ1n) is 6.30. The van der Waals surface area contributed by atoms with Gasteiger partial charge in [0.1, 0.15) is 17.6 Å². The molecule has 0 bridgehead atoms. The Hall–Kier alpha value is -1.84. The van der Waals surface area contributed by atoms with Gasteiger partial charge in [-0.25, -0.2) is 4.79 Å². The molecule has 0 saturated heterocycles. The van der Waals surface area contributed by atoms with Gasteiger partial charge in [-0.3, -0.25) is 4.79 Å². The third kappa shape index (κ3) is 5.12. The van der Waals surface area contributed by atoms with Crippen LogP contribution < -0.4 is 4.74 Å². The Morgan fingerprint density at radius 1 is 1.37 bits per heavy atom. The summed E-state index contributed by atoms with van der Waals surface area (Å²) in [5, 5.41) is 0. The van der Waals surface area contributed by atoms with Gasteiger partial charge in [-0.15, -0.1) is 0 Å². The van der Waals surface area contributed by atoms with Gasteiger partial charge in [0.15, 0.2) is 6.10 Å². The molecule has 0 aliphatic heterocycles. The maximum absolute atomic E-state index is 11.9. The lowest BCUT2D eigenvalue weighted by atomic mass is 10.2. The molecular weight excluding hydrogens is 244 g/mol. The Kier molecular flexibility index (Phi) is 5.10. The van der Waals surface area contributed by atoms with Gasteiger partial charge < -0.3 is 9.47 Å². The molecule has 0 heterocycles. The highest BCUT2D eigenvalue weighted by molar-refractivity contribution is 5.77. The molecule has 1 aromatic carbocycles. The van der Waals surface area contributed by atoms with Gasteiger partial charge in [0.2, 0.25) is 0 Å². The second-order valence-electron chi connectivity index (χ2n) is 5.24. The SMILES string of the molecule is CCC(Oc1cccc(C=O)c1)C(=O)OC(C)(C)C. The Morgan fingerprint density at radius 3 is 2.58 bits per heavy atom. The van der Waals surface area contributed by atoms with Crippen LogP contribution in [0.4, 0.5) is 0 Å². The van der Waals surface area contributed by atoms with Crippen molar-refractivity contribution in [3.8, 4) is 5.75 Å². The standard InChI is InChI=1S/C15H20O4/c1-5-13(14(17)19-15(2,3)4)18-12-8-6-7-11(9-12)10-16/h6-10,13H,5H2,1-4H3. The lowest BCUT2D eigenvalue weighted by molar-refractivity contribution is -0.163. The van der Waals surface area contributed by atoms with E-state index in [0.29, 0.717) is 17.7 Å². The zero-order chi connectivity index (χ0) is 14.5. The maximum Gasteiger partial charge on any atom is 0.347 e. The highest BCUT2D eigenvalue weighted by Crippen LogP contribution is 2.17. The number of benzene rings is 1. The van der Waals surface area contributed by atoms with Crippen molar-refractivity contribution in [2.75, 3.05) is 0 Å². The van der Waals surface area contributed by atoms with E-state index < -0.39 is 17.7 Å². The highest BCUT2D eigenvalue weighted by atomic mass is 16.6. The first kappa shape index (κ1) is 15.2. The van der Waals surface area contributed by atoms with Crippen molar-refractivity contribution >= 4 is 12.3 Å². The topological polar surface area (TPSA) is 52.6 Å². The molecule has 0 aliphatic carbocycles. The van der Waals surface area contributed by atoms with Gasteiger partial charge in [-0.1, -0.05) is 19.1 Å². The van der Waals surface area contributed by atoms with Gasteiger partial charge >= 0.3 is 5.97 Å². The Morgan fingerprint density at radius 2 is 2.05 bits per heavy atom.